The van der Waals surface area contributed by atoms with E-state index in [-0.39, 0.29) is 10.5 Å². The first kappa shape index (κ1) is 17.2. The zero-order chi connectivity index (χ0) is 18.2. The van der Waals surface area contributed by atoms with E-state index in [2.05, 4.69) is 0 Å². The van der Waals surface area contributed by atoms with Crippen molar-refractivity contribution in [2.45, 2.75) is 16.1 Å². The lowest BCUT2D eigenvalue weighted by Crippen LogP contribution is -2.40. The summed E-state index contributed by atoms with van der Waals surface area (Å²) in [6.07, 6.45) is 0.319. The molecule has 3 rings (SSSR count). The van der Waals surface area contributed by atoms with Crippen LogP contribution in [0.15, 0.2) is 47.4 Å². The number of sulfone groups is 1. The molecule has 0 radical (unpaired) electrons. The van der Waals surface area contributed by atoms with E-state index in [1.54, 1.807) is 24.3 Å². The summed E-state index contributed by atoms with van der Waals surface area (Å²) in [5.41, 5.74) is 0.448. The summed E-state index contributed by atoms with van der Waals surface area (Å²) in [7, 11) is -1.08. The van der Waals surface area contributed by atoms with E-state index in [1.807, 2.05) is 0 Å². The maximum atomic E-state index is 13.0. The Kier molecular flexibility index (Phi) is 4.34. The maximum absolute atomic E-state index is 13.0. The molecule has 7 heteroatoms. The first-order chi connectivity index (χ1) is 11.9. The molecule has 0 N–H and O–H groups in total. The van der Waals surface area contributed by atoms with Gasteiger partial charge >= 0.3 is 0 Å². The van der Waals surface area contributed by atoms with Crippen LogP contribution in [0.1, 0.15) is 21.8 Å². The Morgan fingerprint density at radius 1 is 1.00 bits per heavy atom. The summed E-state index contributed by atoms with van der Waals surface area (Å²) in [6, 6.07) is 10.6. The van der Waals surface area contributed by atoms with Gasteiger partial charge < -0.3 is 14.3 Å². The highest BCUT2D eigenvalue weighted by Crippen LogP contribution is 2.40. The summed E-state index contributed by atoms with van der Waals surface area (Å²) >= 11 is 0. The van der Waals surface area contributed by atoms with Crippen molar-refractivity contribution in [3.8, 4) is 11.5 Å². The number of hydrogen-bond acceptors (Lipinski definition) is 6. The molecule has 25 heavy (non-hydrogen) atoms. The van der Waals surface area contributed by atoms with Crippen LogP contribution in [0.4, 0.5) is 0 Å². The van der Waals surface area contributed by atoms with Gasteiger partial charge in [-0.05, 0) is 23.8 Å². The normalized spacial score (nSPS) is 21.3. The number of carbonyl (C=O) groups excluding carboxylic acids is 2. The molecular formula is C18H16O6S. The van der Waals surface area contributed by atoms with Crippen molar-refractivity contribution in [1.82, 2.24) is 0 Å². The molecule has 1 heterocycles. The van der Waals surface area contributed by atoms with Crippen LogP contribution in [0.2, 0.25) is 0 Å². The van der Waals surface area contributed by atoms with Crippen molar-refractivity contribution in [2.75, 3.05) is 14.2 Å². The Labute approximate surface area is 145 Å². The number of Topliss-reactive ketones (excluding diaryl/α,β-unsaturated/α-hetero) is 1. The lowest BCUT2D eigenvalue weighted by molar-refractivity contribution is -0.107. The average Bonchev–Trinajstić information content (AvgIpc) is 2.63. The van der Waals surface area contributed by atoms with Crippen molar-refractivity contribution in [2.24, 2.45) is 0 Å². The smallest absolute Gasteiger partial charge is 0.189 e. The van der Waals surface area contributed by atoms with Crippen LogP contribution >= 0.6 is 0 Å². The molecule has 2 atom stereocenters. The van der Waals surface area contributed by atoms with Gasteiger partial charge in [0.05, 0.1) is 25.0 Å². The number of carbonyl (C=O) groups is 2. The molecule has 0 aliphatic carbocycles. The summed E-state index contributed by atoms with van der Waals surface area (Å²) in [4.78, 5) is 24.5. The molecule has 0 aromatic heterocycles. The first-order valence-electron chi connectivity index (χ1n) is 7.49. The summed E-state index contributed by atoms with van der Waals surface area (Å²) in [5, 5.41) is -1.49. The number of hydrogen-bond donors (Lipinski definition) is 0. The predicted octanol–water partition coefficient (Wildman–Crippen LogP) is 2.03. The van der Waals surface area contributed by atoms with Crippen LogP contribution in [0.25, 0.3) is 0 Å². The molecule has 1 aliphatic rings. The summed E-state index contributed by atoms with van der Waals surface area (Å²) in [6.45, 7) is 0. The lowest BCUT2D eigenvalue weighted by atomic mass is 9.87. The number of ether oxygens (including phenoxy) is 2. The SMILES string of the molecule is COc1cc(OC)cc(C2C(=O)c3ccccc3S(=O)(=O)C2C=O)c1. The van der Waals surface area contributed by atoms with E-state index in [0.717, 1.165) is 0 Å². The molecule has 1 aliphatic heterocycles. The van der Waals surface area contributed by atoms with Crippen molar-refractivity contribution < 1.29 is 27.5 Å². The second-order valence-corrected chi connectivity index (χ2v) is 7.70. The van der Waals surface area contributed by atoms with Crippen LogP contribution in [-0.4, -0.2) is 40.0 Å². The van der Waals surface area contributed by atoms with Gasteiger partial charge in [-0.3, -0.25) is 4.79 Å². The minimum Gasteiger partial charge on any atom is -0.497 e. The van der Waals surface area contributed by atoms with Crippen LogP contribution < -0.4 is 9.47 Å². The molecule has 0 amide bonds. The minimum atomic E-state index is -3.97. The first-order valence-corrected chi connectivity index (χ1v) is 9.04. The second-order valence-electron chi connectivity index (χ2n) is 5.63. The van der Waals surface area contributed by atoms with Crippen LogP contribution in [0.3, 0.4) is 0 Å². The van der Waals surface area contributed by atoms with Crippen LogP contribution in [-0.2, 0) is 14.6 Å². The molecular weight excluding hydrogens is 344 g/mol. The highest BCUT2D eigenvalue weighted by molar-refractivity contribution is 7.93. The van der Waals surface area contributed by atoms with Gasteiger partial charge in [0.15, 0.2) is 15.6 Å². The zero-order valence-corrected chi connectivity index (χ0v) is 14.4. The molecule has 0 spiro atoms. The summed E-state index contributed by atoms with van der Waals surface area (Å²) < 4.78 is 36.0. The Morgan fingerprint density at radius 2 is 1.60 bits per heavy atom. The second kappa shape index (κ2) is 6.33. The third kappa shape index (κ3) is 2.70. The summed E-state index contributed by atoms with van der Waals surface area (Å²) in [5.74, 6) is -0.759. The molecule has 0 saturated heterocycles. The quantitative estimate of drug-likeness (QED) is 0.776. The molecule has 2 aromatic carbocycles. The molecule has 0 fully saturated rings. The van der Waals surface area contributed by atoms with Crippen molar-refractivity contribution >= 4 is 21.9 Å². The number of aldehydes is 1. The van der Waals surface area contributed by atoms with Gasteiger partial charge in [-0.25, -0.2) is 8.42 Å². The Bertz CT molecular complexity index is 926. The van der Waals surface area contributed by atoms with Crippen molar-refractivity contribution in [1.29, 1.82) is 0 Å². The zero-order valence-electron chi connectivity index (χ0n) is 13.6. The highest BCUT2D eigenvalue weighted by Gasteiger charge is 2.46. The van der Waals surface area contributed by atoms with Crippen LogP contribution in [0, 0.1) is 0 Å². The molecule has 0 saturated carbocycles. The third-order valence-corrected chi connectivity index (χ3v) is 6.36. The average molecular weight is 360 g/mol. The molecule has 2 aromatic rings. The van der Waals surface area contributed by atoms with E-state index >= 15 is 0 Å². The molecule has 0 bridgehead atoms. The maximum Gasteiger partial charge on any atom is 0.189 e. The number of rotatable bonds is 4. The van der Waals surface area contributed by atoms with E-state index in [9.17, 15) is 18.0 Å². The van der Waals surface area contributed by atoms with Crippen LogP contribution in [0.5, 0.6) is 11.5 Å². The number of fused-ring (bicyclic) bond motifs is 1. The largest absolute Gasteiger partial charge is 0.497 e. The van der Waals surface area contributed by atoms with Gasteiger partial charge in [0.1, 0.15) is 23.0 Å². The van der Waals surface area contributed by atoms with Crippen molar-refractivity contribution in [3.63, 3.8) is 0 Å². The Hall–Kier alpha value is -2.67. The molecule has 2 unspecified atom stereocenters. The fraction of sp³-hybridized carbons (Fsp3) is 0.222. The predicted molar refractivity (Wildman–Crippen MR) is 90.1 cm³/mol. The topological polar surface area (TPSA) is 86.7 Å². The van der Waals surface area contributed by atoms with E-state index in [4.69, 9.17) is 9.47 Å². The van der Waals surface area contributed by atoms with Gasteiger partial charge in [-0.1, -0.05) is 18.2 Å². The Balaban J connectivity index is 2.26. The fourth-order valence-corrected chi connectivity index (χ4v) is 4.88. The monoisotopic (exact) mass is 360 g/mol. The number of benzene rings is 2. The number of methoxy groups -OCH3 is 2. The minimum absolute atomic E-state index is 0.0902. The van der Waals surface area contributed by atoms with Gasteiger partial charge in [0.25, 0.3) is 0 Å². The van der Waals surface area contributed by atoms with E-state index in [1.165, 1.54) is 32.4 Å². The molecule has 130 valence electrons. The Morgan fingerprint density at radius 3 is 2.16 bits per heavy atom. The van der Waals surface area contributed by atoms with Gasteiger partial charge in [-0.2, -0.15) is 0 Å². The van der Waals surface area contributed by atoms with E-state index < -0.39 is 26.8 Å². The molecule has 6 nitrogen and oxygen atoms in total. The standard InChI is InChI=1S/C18H16O6S/c1-23-12-7-11(8-13(9-12)24-2)17-16(10-19)25(21,22)15-6-4-3-5-14(15)18(17)20/h3-10,16-17H,1-2H3. The highest BCUT2D eigenvalue weighted by atomic mass is 32.2. The van der Waals surface area contributed by atoms with Gasteiger partial charge in [-0.15, -0.1) is 0 Å². The van der Waals surface area contributed by atoms with Crippen molar-refractivity contribution in [3.05, 3.63) is 53.6 Å². The fourth-order valence-electron chi connectivity index (χ4n) is 3.06. The van der Waals surface area contributed by atoms with Gasteiger partial charge in [0.2, 0.25) is 0 Å². The van der Waals surface area contributed by atoms with E-state index in [0.29, 0.717) is 23.3 Å². The third-order valence-electron chi connectivity index (χ3n) is 4.30. The lowest BCUT2D eigenvalue weighted by Gasteiger charge is -2.29. The number of ketones is 1. The van der Waals surface area contributed by atoms with Gasteiger partial charge in [0, 0.05) is 11.6 Å².